The van der Waals surface area contributed by atoms with Crippen molar-refractivity contribution in [3.05, 3.63) is 194 Å². The highest BCUT2D eigenvalue weighted by Gasteiger charge is 2.27. The van der Waals surface area contributed by atoms with Crippen molar-refractivity contribution < 1.29 is 1.37 Å². The molecule has 10 aromatic rings. The first-order valence-corrected chi connectivity index (χ1v) is 20.8. The molecule has 0 amide bonds. The molecular weight excluding hydrogens is 709 g/mol. The molecule has 3 heteroatoms. The van der Waals surface area contributed by atoms with Crippen LogP contribution >= 0.6 is 11.3 Å². The minimum absolute atomic E-state index is 0.670. The molecule has 1 fully saturated rings. The summed E-state index contributed by atoms with van der Waals surface area (Å²) in [6.45, 7) is 0. The molecule has 0 radical (unpaired) electrons. The number of fused-ring (bicyclic) bond motifs is 5. The summed E-state index contributed by atoms with van der Waals surface area (Å²) in [7, 11) is 0. The van der Waals surface area contributed by atoms with Crippen LogP contribution in [0.15, 0.2) is 188 Å². The minimum atomic E-state index is -0.670. The Labute approximate surface area is 338 Å². The van der Waals surface area contributed by atoms with Crippen LogP contribution in [0.3, 0.4) is 0 Å². The fourth-order valence-corrected chi connectivity index (χ4v) is 10.2. The molecule has 0 unspecified atom stereocenters. The molecule has 1 aliphatic carbocycles. The molecule has 2 aromatic heterocycles. The van der Waals surface area contributed by atoms with Crippen molar-refractivity contribution in [1.82, 2.24) is 9.38 Å². The number of thiazole rings is 1. The summed E-state index contributed by atoms with van der Waals surface area (Å²) in [6, 6.07) is 68.0. The van der Waals surface area contributed by atoms with Gasteiger partial charge >= 0.3 is 0 Å². The fourth-order valence-electron chi connectivity index (χ4n) is 9.21. The minimum Gasteiger partial charge on any atom is -0.283 e. The number of hydrogen-bond donors (Lipinski definition) is 0. The van der Waals surface area contributed by atoms with Gasteiger partial charge in [0.05, 0.1) is 21.3 Å². The highest BCUT2D eigenvalue weighted by Crippen LogP contribution is 2.51. The Morgan fingerprint density at radius 3 is 1.56 bits per heavy atom. The monoisotopic (exact) mass is 749 g/mol. The lowest BCUT2D eigenvalue weighted by molar-refractivity contribution is 0.726. The highest BCUT2D eigenvalue weighted by atomic mass is 32.1. The predicted octanol–water partition coefficient (Wildman–Crippen LogP) is 15.4. The van der Waals surface area contributed by atoms with Crippen molar-refractivity contribution in [3.63, 3.8) is 0 Å². The smallest absolute Gasteiger partial charge is 0.195 e. The second kappa shape index (κ2) is 14.2. The lowest BCUT2D eigenvalue weighted by Crippen LogP contribution is -2.00. The number of rotatable bonds is 7. The van der Waals surface area contributed by atoms with Crippen LogP contribution in [-0.4, -0.2) is 9.38 Å². The molecule has 57 heavy (non-hydrogen) atoms. The maximum absolute atomic E-state index is 9.94. The quantitative estimate of drug-likeness (QED) is 0.159. The lowest BCUT2D eigenvalue weighted by atomic mass is 9.78. The van der Waals surface area contributed by atoms with E-state index in [-0.39, 0.29) is 0 Å². The van der Waals surface area contributed by atoms with Crippen molar-refractivity contribution in [2.24, 2.45) is 0 Å². The number of para-hydroxylation sites is 1. The SMILES string of the molecule is [2H]C1(c2ccc3c(nc4sc5ccccc5n43)c2-c2cccc(-c3c(-c4ccccc4)c(-c4ccccc4)cc(-c4ccccc4)c3-c3ccccc3)c2)CCCC1. The van der Waals surface area contributed by atoms with Crippen molar-refractivity contribution in [1.29, 1.82) is 0 Å². The molecule has 0 aliphatic heterocycles. The van der Waals surface area contributed by atoms with Crippen LogP contribution in [-0.2, 0) is 0 Å². The Hall–Kier alpha value is -6.55. The number of benzene rings is 8. The van der Waals surface area contributed by atoms with Crippen molar-refractivity contribution in [3.8, 4) is 66.8 Å². The zero-order valence-corrected chi connectivity index (χ0v) is 32.3. The summed E-state index contributed by atoms with van der Waals surface area (Å²) >= 11 is 1.73. The summed E-state index contributed by atoms with van der Waals surface area (Å²) in [5.41, 5.74) is 18.2. The van der Waals surface area contributed by atoms with Gasteiger partial charge in [0.1, 0.15) is 0 Å². The standard InChI is InChI=1S/C54H40N2S/c1-5-18-37(19-6-1)44-35-45(38-20-7-2-8-21-38)50(40-26-11-4-12-27-40)52(49(44)39-24-9-3-10-25-39)42-29-17-28-41(34-42)51-43(36-22-13-14-23-36)32-33-47-53(51)55-54-56(47)46-30-15-16-31-48(46)57-54/h1-12,15-21,24-36H,13-14,22-23H2/i36D. The van der Waals surface area contributed by atoms with E-state index < -0.39 is 5.89 Å². The zero-order valence-electron chi connectivity index (χ0n) is 32.5. The second-order valence-electron chi connectivity index (χ2n) is 15.1. The fraction of sp³-hybridized carbons (Fsp3) is 0.0926. The van der Waals surface area contributed by atoms with Gasteiger partial charge in [0.25, 0.3) is 0 Å². The van der Waals surface area contributed by atoms with Crippen LogP contribution in [0.4, 0.5) is 0 Å². The topological polar surface area (TPSA) is 17.3 Å². The Balaban J connectivity index is 1.26. The van der Waals surface area contributed by atoms with E-state index in [1.165, 1.54) is 60.3 Å². The molecule has 2 heterocycles. The Bertz CT molecular complexity index is 3010. The van der Waals surface area contributed by atoms with Gasteiger partial charge in [-0.3, -0.25) is 4.40 Å². The average molecular weight is 750 g/mol. The second-order valence-corrected chi connectivity index (χ2v) is 16.1. The number of imidazole rings is 1. The normalized spacial score (nSPS) is 14.1. The largest absolute Gasteiger partial charge is 0.283 e. The molecule has 1 aliphatic rings. The van der Waals surface area contributed by atoms with E-state index in [9.17, 15) is 1.37 Å². The third kappa shape index (κ3) is 5.81. The highest BCUT2D eigenvalue weighted by molar-refractivity contribution is 7.23. The molecule has 2 nitrogen and oxygen atoms in total. The number of hydrogen-bond acceptors (Lipinski definition) is 2. The summed E-state index contributed by atoms with van der Waals surface area (Å²) in [5.74, 6) is -0.670. The van der Waals surface area contributed by atoms with E-state index >= 15 is 0 Å². The van der Waals surface area contributed by atoms with E-state index in [1.54, 1.807) is 11.3 Å². The van der Waals surface area contributed by atoms with Gasteiger partial charge in [-0.1, -0.05) is 182 Å². The van der Waals surface area contributed by atoms with E-state index in [0.29, 0.717) is 0 Å². The van der Waals surface area contributed by atoms with Gasteiger partial charge < -0.3 is 0 Å². The summed E-state index contributed by atoms with van der Waals surface area (Å²) < 4.78 is 13.5. The Morgan fingerprint density at radius 1 is 0.456 bits per heavy atom. The molecule has 0 atom stereocenters. The maximum Gasteiger partial charge on any atom is 0.195 e. The van der Waals surface area contributed by atoms with Crippen LogP contribution in [0.25, 0.3) is 93.0 Å². The van der Waals surface area contributed by atoms with Crippen molar-refractivity contribution >= 4 is 37.5 Å². The molecule has 272 valence electrons. The molecule has 8 aromatic carbocycles. The third-order valence-corrected chi connectivity index (χ3v) is 12.8. The van der Waals surface area contributed by atoms with Crippen LogP contribution in [0.5, 0.6) is 0 Å². The van der Waals surface area contributed by atoms with E-state index in [0.717, 1.165) is 63.9 Å². The number of aromatic nitrogens is 2. The van der Waals surface area contributed by atoms with Crippen molar-refractivity contribution in [2.75, 3.05) is 0 Å². The molecular formula is C54H40N2S. The van der Waals surface area contributed by atoms with Crippen molar-refractivity contribution in [2.45, 2.75) is 31.6 Å². The molecule has 0 N–H and O–H groups in total. The van der Waals surface area contributed by atoms with Gasteiger partial charge in [0, 0.05) is 6.93 Å². The van der Waals surface area contributed by atoms with Gasteiger partial charge in [-0.15, -0.1) is 0 Å². The van der Waals surface area contributed by atoms with Gasteiger partial charge in [-0.2, -0.15) is 0 Å². The number of nitrogens with zero attached hydrogens (tertiary/aromatic N) is 2. The third-order valence-electron chi connectivity index (χ3n) is 11.8. The average Bonchev–Trinajstić information content (AvgIpc) is 4.01. The van der Waals surface area contributed by atoms with Crippen LogP contribution < -0.4 is 0 Å². The first-order chi connectivity index (χ1) is 28.6. The van der Waals surface area contributed by atoms with E-state index in [2.05, 4.69) is 192 Å². The summed E-state index contributed by atoms with van der Waals surface area (Å²) in [4.78, 5) is 6.41. The first-order valence-electron chi connectivity index (χ1n) is 20.5. The van der Waals surface area contributed by atoms with Crippen LogP contribution in [0.2, 0.25) is 0 Å². The summed E-state index contributed by atoms with van der Waals surface area (Å²) in [6.07, 6.45) is 3.84. The molecule has 11 rings (SSSR count). The molecule has 1 saturated carbocycles. The summed E-state index contributed by atoms with van der Waals surface area (Å²) in [5, 5.41) is 0. The van der Waals surface area contributed by atoms with Crippen LogP contribution in [0.1, 0.15) is 38.5 Å². The lowest BCUT2D eigenvalue weighted by Gasteiger charge is -2.25. The van der Waals surface area contributed by atoms with Crippen LogP contribution in [0, 0.1) is 0 Å². The van der Waals surface area contributed by atoms with E-state index in [4.69, 9.17) is 4.98 Å². The predicted molar refractivity (Wildman–Crippen MR) is 242 cm³/mol. The van der Waals surface area contributed by atoms with Gasteiger partial charge in [-0.05, 0) is 116 Å². The molecule has 0 spiro atoms. The zero-order chi connectivity index (χ0) is 38.6. The first kappa shape index (κ1) is 32.7. The molecule has 0 bridgehead atoms. The molecule has 0 saturated heterocycles. The Morgan fingerprint density at radius 2 is 0.965 bits per heavy atom. The van der Waals surface area contributed by atoms with Gasteiger partial charge in [-0.25, -0.2) is 4.98 Å². The van der Waals surface area contributed by atoms with E-state index in [1.807, 2.05) is 0 Å². The van der Waals surface area contributed by atoms with Gasteiger partial charge in [0.2, 0.25) is 0 Å². The maximum atomic E-state index is 9.94. The van der Waals surface area contributed by atoms with Gasteiger partial charge in [0.15, 0.2) is 4.96 Å². The Kier molecular flexibility index (Phi) is 8.13.